The molecule has 0 spiro atoms. The van der Waals surface area contributed by atoms with E-state index in [0.29, 0.717) is 19.6 Å². The van der Waals surface area contributed by atoms with Crippen molar-refractivity contribution in [1.29, 1.82) is 0 Å². The zero-order valence-corrected chi connectivity index (χ0v) is 13.9. The Hall–Kier alpha value is -0.870. The molecule has 0 saturated carbocycles. The van der Waals surface area contributed by atoms with Gasteiger partial charge in [0.25, 0.3) is 0 Å². The van der Waals surface area contributed by atoms with Gasteiger partial charge in [0, 0.05) is 19.1 Å². The lowest BCUT2D eigenvalue weighted by atomic mass is 10.0. The zero-order chi connectivity index (χ0) is 14.8. The Morgan fingerprint density at radius 3 is 2.65 bits per heavy atom. The molecule has 1 aromatic rings. The second kappa shape index (κ2) is 9.94. The van der Waals surface area contributed by atoms with E-state index in [-0.39, 0.29) is 5.78 Å². The van der Waals surface area contributed by atoms with Crippen molar-refractivity contribution < 1.29 is 14.3 Å². The topological polar surface area (TPSA) is 35.5 Å². The predicted octanol–water partition coefficient (Wildman–Crippen LogP) is 4.63. The highest BCUT2D eigenvalue weighted by Crippen LogP contribution is 2.26. The van der Waals surface area contributed by atoms with Crippen LogP contribution in [-0.2, 0) is 4.74 Å². The monoisotopic (exact) mass is 342 g/mol. The van der Waals surface area contributed by atoms with Crippen LogP contribution in [0, 0.1) is 0 Å². The lowest BCUT2D eigenvalue weighted by Gasteiger charge is -2.09. The molecule has 20 heavy (non-hydrogen) atoms. The van der Waals surface area contributed by atoms with Crippen LogP contribution < -0.4 is 4.74 Å². The molecule has 0 bridgehead atoms. The summed E-state index contributed by atoms with van der Waals surface area (Å²) in [5, 5.41) is 0. The van der Waals surface area contributed by atoms with Crippen molar-refractivity contribution in [3.63, 3.8) is 0 Å². The average Bonchev–Trinajstić information content (AvgIpc) is 2.45. The molecule has 0 aliphatic heterocycles. The van der Waals surface area contributed by atoms with Gasteiger partial charge in [0.05, 0.1) is 11.1 Å². The molecule has 0 atom stereocenters. The molecule has 0 radical (unpaired) electrons. The molecular formula is C16H23BrO3. The van der Waals surface area contributed by atoms with E-state index in [4.69, 9.17) is 9.47 Å². The minimum Gasteiger partial charge on any atom is -0.490 e. The lowest BCUT2D eigenvalue weighted by Crippen LogP contribution is -2.05. The van der Waals surface area contributed by atoms with E-state index in [2.05, 4.69) is 22.9 Å². The standard InChI is InChI=1S/C16H23BrO3/c1-3-4-5-6-7-15(18)13-8-9-16(14(17)12-13)20-11-10-19-2/h8-9,12H,3-7,10-11H2,1-2H3. The summed E-state index contributed by atoms with van der Waals surface area (Å²) in [5.41, 5.74) is 0.743. The van der Waals surface area contributed by atoms with Gasteiger partial charge in [-0.3, -0.25) is 4.79 Å². The van der Waals surface area contributed by atoms with Crippen molar-refractivity contribution in [3.05, 3.63) is 28.2 Å². The zero-order valence-electron chi connectivity index (χ0n) is 12.3. The minimum atomic E-state index is 0.199. The van der Waals surface area contributed by atoms with Crippen molar-refractivity contribution in [2.24, 2.45) is 0 Å². The van der Waals surface area contributed by atoms with Crippen LogP contribution in [0.4, 0.5) is 0 Å². The van der Waals surface area contributed by atoms with Crippen LogP contribution in [0.15, 0.2) is 22.7 Å². The molecule has 0 unspecified atom stereocenters. The van der Waals surface area contributed by atoms with Gasteiger partial charge in [-0.2, -0.15) is 0 Å². The summed E-state index contributed by atoms with van der Waals surface area (Å²) in [6.07, 6.45) is 5.10. The molecule has 0 amide bonds. The van der Waals surface area contributed by atoms with Crippen molar-refractivity contribution in [2.75, 3.05) is 20.3 Å². The molecule has 0 fully saturated rings. The Bertz CT molecular complexity index is 418. The van der Waals surface area contributed by atoms with E-state index in [0.717, 1.165) is 28.6 Å². The fourth-order valence-corrected chi connectivity index (χ4v) is 2.38. The molecule has 3 nitrogen and oxygen atoms in total. The Kier molecular flexibility index (Phi) is 8.54. The third kappa shape index (κ3) is 6.06. The maximum atomic E-state index is 12.1. The largest absolute Gasteiger partial charge is 0.490 e. The number of unbranched alkanes of at least 4 members (excludes halogenated alkanes) is 3. The van der Waals surface area contributed by atoms with Crippen molar-refractivity contribution in [3.8, 4) is 5.75 Å². The molecule has 4 heteroatoms. The van der Waals surface area contributed by atoms with Gasteiger partial charge in [-0.1, -0.05) is 26.2 Å². The number of ether oxygens (including phenoxy) is 2. The number of carbonyl (C=O) groups excluding carboxylic acids is 1. The lowest BCUT2D eigenvalue weighted by molar-refractivity contribution is 0.0979. The van der Waals surface area contributed by atoms with Gasteiger partial charge in [0.2, 0.25) is 0 Å². The van der Waals surface area contributed by atoms with Gasteiger partial charge in [0.15, 0.2) is 5.78 Å². The first-order valence-corrected chi connectivity index (χ1v) is 7.92. The highest BCUT2D eigenvalue weighted by Gasteiger charge is 2.09. The Balaban J connectivity index is 2.50. The van der Waals surface area contributed by atoms with Crippen LogP contribution in [0.3, 0.4) is 0 Å². The Labute approximate surface area is 129 Å². The van der Waals surface area contributed by atoms with Gasteiger partial charge < -0.3 is 9.47 Å². The number of methoxy groups -OCH3 is 1. The number of hydrogen-bond acceptors (Lipinski definition) is 3. The van der Waals surface area contributed by atoms with Crippen LogP contribution in [-0.4, -0.2) is 26.1 Å². The van der Waals surface area contributed by atoms with Gasteiger partial charge >= 0.3 is 0 Å². The van der Waals surface area contributed by atoms with Crippen LogP contribution in [0.1, 0.15) is 49.4 Å². The van der Waals surface area contributed by atoms with E-state index in [1.54, 1.807) is 7.11 Å². The summed E-state index contributed by atoms with van der Waals surface area (Å²) < 4.78 is 11.3. The fraction of sp³-hybridized carbons (Fsp3) is 0.562. The highest BCUT2D eigenvalue weighted by atomic mass is 79.9. The molecule has 112 valence electrons. The number of ketones is 1. The molecule has 0 saturated heterocycles. The first-order valence-electron chi connectivity index (χ1n) is 7.13. The molecule has 1 rings (SSSR count). The smallest absolute Gasteiger partial charge is 0.162 e. The number of benzene rings is 1. The SMILES string of the molecule is CCCCCCC(=O)c1ccc(OCCOC)c(Br)c1. The van der Waals surface area contributed by atoms with Crippen molar-refractivity contribution in [2.45, 2.75) is 39.0 Å². The number of halogens is 1. The van der Waals surface area contributed by atoms with Crippen molar-refractivity contribution in [1.82, 2.24) is 0 Å². The van der Waals surface area contributed by atoms with Crippen molar-refractivity contribution >= 4 is 21.7 Å². The molecule has 0 heterocycles. The molecule has 0 N–H and O–H groups in total. The molecule has 1 aromatic carbocycles. The van der Waals surface area contributed by atoms with Crippen LogP contribution in [0.2, 0.25) is 0 Å². The second-order valence-corrected chi connectivity index (χ2v) is 5.57. The summed E-state index contributed by atoms with van der Waals surface area (Å²) >= 11 is 3.44. The van der Waals surface area contributed by atoms with E-state index < -0.39 is 0 Å². The summed E-state index contributed by atoms with van der Waals surface area (Å²) in [6, 6.07) is 5.50. The molecule has 0 aliphatic rings. The van der Waals surface area contributed by atoms with Crippen LogP contribution in [0.5, 0.6) is 5.75 Å². The predicted molar refractivity (Wildman–Crippen MR) is 84.6 cm³/mol. The molecule has 0 aliphatic carbocycles. The van der Waals surface area contributed by atoms with E-state index in [1.807, 2.05) is 18.2 Å². The normalized spacial score (nSPS) is 10.6. The summed E-state index contributed by atoms with van der Waals surface area (Å²) in [5.74, 6) is 0.940. The molecular weight excluding hydrogens is 320 g/mol. The minimum absolute atomic E-state index is 0.199. The van der Waals surface area contributed by atoms with Gasteiger partial charge in [-0.15, -0.1) is 0 Å². The van der Waals surface area contributed by atoms with E-state index in [9.17, 15) is 4.79 Å². The summed E-state index contributed by atoms with van der Waals surface area (Å²) in [4.78, 5) is 12.1. The maximum Gasteiger partial charge on any atom is 0.162 e. The number of rotatable bonds is 10. The Morgan fingerprint density at radius 1 is 1.20 bits per heavy atom. The second-order valence-electron chi connectivity index (χ2n) is 4.72. The first-order chi connectivity index (χ1) is 9.69. The highest BCUT2D eigenvalue weighted by molar-refractivity contribution is 9.10. The maximum absolute atomic E-state index is 12.1. The first kappa shape index (κ1) is 17.2. The quantitative estimate of drug-likeness (QED) is 0.459. The fourth-order valence-electron chi connectivity index (χ4n) is 1.88. The number of carbonyl (C=O) groups is 1. The molecule has 0 aromatic heterocycles. The van der Waals surface area contributed by atoms with Crippen LogP contribution >= 0.6 is 15.9 Å². The average molecular weight is 343 g/mol. The summed E-state index contributed by atoms with van der Waals surface area (Å²) in [7, 11) is 1.64. The van der Waals surface area contributed by atoms with Gasteiger partial charge in [-0.05, 0) is 40.5 Å². The van der Waals surface area contributed by atoms with Crippen LogP contribution in [0.25, 0.3) is 0 Å². The summed E-state index contributed by atoms with van der Waals surface area (Å²) in [6.45, 7) is 3.21. The third-order valence-electron chi connectivity index (χ3n) is 3.06. The van der Waals surface area contributed by atoms with E-state index in [1.165, 1.54) is 12.8 Å². The van der Waals surface area contributed by atoms with Gasteiger partial charge in [0.1, 0.15) is 12.4 Å². The number of hydrogen-bond donors (Lipinski definition) is 0. The van der Waals surface area contributed by atoms with E-state index >= 15 is 0 Å². The Morgan fingerprint density at radius 2 is 2.00 bits per heavy atom. The number of Topliss-reactive ketones (excluding diaryl/α,β-unsaturated/α-hetero) is 1. The van der Waals surface area contributed by atoms with Gasteiger partial charge in [-0.25, -0.2) is 0 Å². The third-order valence-corrected chi connectivity index (χ3v) is 3.68.